The van der Waals surface area contributed by atoms with Crippen LogP contribution < -0.4 is 19.5 Å². The van der Waals surface area contributed by atoms with Gasteiger partial charge in [0.05, 0.1) is 32.2 Å². The van der Waals surface area contributed by atoms with Gasteiger partial charge >= 0.3 is 0 Å². The summed E-state index contributed by atoms with van der Waals surface area (Å²) in [6.07, 6.45) is 7.25. The summed E-state index contributed by atoms with van der Waals surface area (Å²) in [6.45, 7) is 4.77. The standard InChI is InChI=1S/C26H26N6O5/c1-4-23(33)32-9-7-16(8-10-32)37-21-12-17-18(13-20(21)34-2)28-15-29-24(17)30-26-22(35-3)14-27-25(31-26)19-6-5-11-36-19/h4-6,11-16H,1,7-10H2,2-3H3,(H,27,28,29,30,31). The largest absolute Gasteiger partial charge is 0.493 e. The van der Waals surface area contributed by atoms with E-state index in [4.69, 9.17) is 18.6 Å². The van der Waals surface area contributed by atoms with E-state index >= 15 is 0 Å². The minimum Gasteiger partial charge on any atom is -0.493 e. The molecular formula is C26H26N6O5. The van der Waals surface area contributed by atoms with Crippen LogP contribution in [0.15, 0.2) is 60.1 Å². The zero-order valence-corrected chi connectivity index (χ0v) is 20.5. The minimum absolute atomic E-state index is 0.0649. The number of ether oxygens (including phenoxy) is 3. The van der Waals surface area contributed by atoms with E-state index in [9.17, 15) is 4.79 Å². The van der Waals surface area contributed by atoms with Crippen molar-refractivity contribution in [2.45, 2.75) is 18.9 Å². The molecule has 1 N–H and O–H groups in total. The average molecular weight is 503 g/mol. The number of nitrogens with zero attached hydrogens (tertiary/aromatic N) is 5. The fourth-order valence-corrected chi connectivity index (χ4v) is 4.16. The van der Waals surface area contributed by atoms with Crippen molar-refractivity contribution in [3.63, 3.8) is 0 Å². The predicted octanol–water partition coefficient (Wildman–Crippen LogP) is 4.00. The Morgan fingerprint density at radius 2 is 1.92 bits per heavy atom. The number of nitrogens with one attached hydrogen (secondary N) is 1. The number of amides is 1. The molecule has 1 amide bonds. The van der Waals surface area contributed by atoms with Gasteiger partial charge in [-0.3, -0.25) is 4.79 Å². The van der Waals surface area contributed by atoms with Crippen LogP contribution in [0.5, 0.6) is 17.2 Å². The van der Waals surface area contributed by atoms with Crippen molar-refractivity contribution >= 4 is 28.4 Å². The Morgan fingerprint density at radius 3 is 2.62 bits per heavy atom. The van der Waals surface area contributed by atoms with Gasteiger partial charge in [0, 0.05) is 37.4 Å². The number of aromatic nitrogens is 4. The Kier molecular flexibility index (Phi) is 6.84. The molecule has 0 radical (unpaired) electrons. The highest BCUT2D eigenvalue weighted by molar-refractivity contribution is 5.93. The highest BCUT2D eigenvalue weighted by atomic mass is 16.5. The second kappa shape index (κ2) is 10.5. The Morgan fingerprint density at radius 1 is 1.11 bits per heavy atom. The number of rotatable bonds is 8. The molecule has 4 heterocycles. The molecule has 0 atom stereocenters. The zero-order valence-electron chi connectivity index (χ0n) is 20.5. The van der Waals surface area contributed by atoms with Gasteiger partial charge in [-0.25, -0.2) is 19.9 Å². The maximum atomic E-state index is 11.9. The van der Waals surface area contributed by atoms with Crippen molar-refractivity contribution in [2.24, 2.45) is 0 Å². The minimum atomic E-state index is -0.0703. The van der Waals surface area contributed by atoms with E-state index in [0.717, 1.165) is 0 Å². The van der Waals surface area contributed by atoms with Crippen LogP contribution in [0.4, 0.5) is 11.6 Å². The SMILES string of the molecule is C=CC(=O)N1CCC(Oc2cc3c(Nc4nc(-c5ccco5)ncc4OC)ncnc3cc2OC)CC1. The van der Waals surface area contributed by atoms with Crippen LogP contribution >= 0.6 is 0 Å². The molecule has 0 unspecified atom stereocenters. The van der Waals surface area contributed by atoms with Gasteiger partial charge in [0.2, 0.25) is 5.91 Å². The van der Waals surface area contributed by atoms with Gasteiger partial charge in [-0.05, 0) is 24.3 Å². The highest BCUT2D eigenvalue weighted by Crippen LogP contribution is 2.37. The maximum Gasteiger partial charge on any atom is 0.245 e. The number of carbonyl (C=O) groups excluding carboxylic acids is 1. The Hall–Kier alpha value is -4.67. The number of carbonyl (C=O) groups is 1. The highest BCUT2D eigenvalue weighted by Gasteiger charge is 2.24. The number of benzene rings is 1. The van der Waals surface area contributed by atoms with E-state index in [0.29, 0.717) is 77.3 Å². The topological polar surface area (TPSA) is 125 Å². The maximum absolute atomic E-state index is 11.9. The third kappa shape index (κ3) is 5.01. The lowest BCUT2D eigenvalue weighted by atomic mass is 10.1. The quantitative estimate of drug-likeness (QED) is 0.354. The van der Waals surface area contributed by atoms with Crippen molar-refractivity contribution in [2.75, 3.05) is 32.6 Å². The van der Waals surface area contributed by atoms with Crippen LogP contribution in [0, 0.1) is 0 Å². The third-order valence-corrected chi connectivity index (χ3v) is 6.10. The second-order valence-corrected chi connectivity index (χ2v) is 8.30. The van der Waals surface area contributed by atoms with Crippen LogP contribution in [0.2, 0.25) is 0 Å². The Labute approximate surface area is 213 Å². The number of hydrogen-bond acceptors (Lipinski definition) is 10. The van der Waals surface area contributed by atoms with Gasteiger partial charge in [-0.2, -0.15) is 0 Å². The van der Waals surface area contributed by atoms with Gasteiger partial charge in [0.15, 0.2) is 34.7 Å². The van der Waals surface area contributed by atoms with E-state index in [1.54, 1.807) is 49.8 Å². The van der Waals surface area contributed by atoms with Crippen LogP contribution in [0.1, 0.15) is 12.8 Å². The van der Waals surface area contributed by atoms with Crippen molar-refractivity contribution < 1.29 is 23.4 Å². The number of piperidine rings is 1. The van der Waals surface area contributed by atoms with Crippen molar-refractivity contribution in [1.29, 1.82) is 0 Å². The summed E-state index contributed by atoms with van der Waals surface area (Å²) in [5.41, 5.74) is 0.660. The molecule has 37 heavy (non-hydrogen) atoms. The lowest BCUT2D eigenvalue weighted by Crippen LogP contribution is -2.41. The molecule has 1 saturated heterocycles. The normalized spacial score (nSPS) is 13.8. The average Bonchev–Trinajstić information content (AvgIpc) is 3.48. The molecule has 11 nitrogen and oxygen atoms in total. The smallest absolute Gasteiger partial charge is 0.245 e. The number of fused-ring (bicyclic) bond motifs is 1. The lowest BCUT2D eigenvalue weighted by Gasteiger charge is -2.31. The Balaban J connectivity index is 1.45. The molecule has 0 aliphatic carbocycles. The first kappa shape index (κ1) is 24.0. The molecule has 1 aliphatic rings. The summed E-state index contributed by atoms with van der Waals surface area (Å²) < 4.78 is 22.8. The molecule has 1 aliphatic heterocycles. The summed E-state index contributed by atoms with van der Waals surface area (Å²) in [5, 5.41) is 3.95. The van der Waals surface area contributed by atoms with Crippen LogP contribution in [-0.2, 0) is 4.79 Å². The number of anilines is 2. The van der Waals surface area contributed by atoms with Crippen molar-refractivity contribution in [3.8, 4) is 28.8 Å². The van der Waals surface area contributed by atoms with Gasteiger partial charge in [-0.1, -0.05) is 6.58 Å². The molecule has 11 heteroatoms. The van der Waals surface area contributed by atoms with E-state index in [-0.39, 0.29) is 12.0 Å². The molecule has 190 valence electrons. The summed E-state index contributed by atoms with van der Waals surface area (Å²) in [6, 6.07) is 7.20. The van der Waals surface area contributed by atoms with Gasteiger partial charge in [0.1, 0.15) is 18.2 Å². The van der Waals surface area contributed by atoms with Crippen LogP contribution in [0.25, 0.3) is 22.5 Å². The van der Waals surface area contributed by atoms with Crippen LogP contribution in [-0.4, -0.2) is 64.2 Å². The molecule has 1 fully saturated rings. The molecule has 0 saturated carbocycles. The summed E-state index contributed by atoms with van der Waals surface area (Å²) >= 11 is 0. The van der Waals surface area contributed by atoms with Gasteiger partial charge in [0.25, 0.3) is 0 Å². The monoisotopic (exact) mass is 502 g/mol. The molecule has 0 bridgehead atoms. The molecule has 4 aromatic rings. The molecule has 3 aromatic heterocycles. The summed E-state index contributed by atoms with van der Waals surface area (Å²) in [5.74, 6) is 3.34. The Bertz CT molecular complexity index is 1420. The fourth-order valence-electron chi connectivity index (χ4n) is 4.16. The molecular weight excluding hydrogens is 476 g/mol. The van der Waals surface area contributed by atoms with E-state index in [2.05, 4.69) is 31.8 Å². The molecule has 5 rings (SSSR count). The second-order valence-electron chi connectivity index (χ2n) is 8.30. The lowest BCUT2D eigenvalue weighted by molar-refractivity contribution is -0.127. The van der Waals surface area contributed by atoms with E-state index in [1.807, 2.05) is 6.07 Å². The first-order valence-corrected chi connectivity index (χ1v) is 11.7. The van der Waals surface area contributed by atoms with Gasteiger partial charge in [-0.15, -0.1) is 0 Å². The molecule has 1 aromatic carbocycles. The van der Waals surface area contributed by atoms with E-state index < -0.39 is 0 Å². The fraction of sp³-hybridized carbons (Fsp3) is 0.269. The number of methoxy groups -OCH3 is 2. The van der Waals surface area contributed by atoms with Crippen molar-refractivity contribution in [1.82, 2.24) is 24.8 Å². The first-order valence-electron chi connectivity index (χ1n) is 11.7. The number of furan rings is 1. The van der Waals surface area contributed by atoms with Crippen molar-refractivity contribution in [3.05, 3.63) is 55.7 Å². The zero-order chi connectivity index (χ0) is 25.8. The number of hydrogen-bond donors (Lipinski definition) is 1. The predicted molar refractivity (Wildman–Crippen MR) is 136 cm³/mol. The number of likely N-dealkylation sites (tertiary alicyclic amines) is 1. The third-order valence-electron chi connectivity index (χ3n) is 6.10. The molecule has 0 spiro atoms. The van der Waals surface area contributed by atoms with Crippen LogP contribution in [0.3, 0.4) is 0 Å². The first-order chi connectivity index (χ1) is 18.1. The summed E-state index contributed by atoms with van der Waals surface area (Å²) in [4.78, 5) is 31.4. The van der Waals surface area contributed by atoms with Gasteiger partial charge < -0.3 is 28.8 Å². The van der Waals surface area contributed by atoms with E-state index in [1.165, 1.54) is 12.4 Å². The summed E-state index contributed by atoms with van der Waals surface area (Å²) in [7, 11) is 3.13.